The van der Waals surface area contributed by atoms with Crippen LogP contribution >= 0.6 is 0 Å². The minimum atomic E-state index is 0.588. The van der Waals surface area contributed by atoms with Crippen molar-refractivity contribution in [1.29, 1.82) is 0 Å². The number of nitrogens with zero attached hydrogens (tertiary/aromatic N) is 2. The average molecular weight is 342 g/mol. The minimum absolute atomic E-state index is 0.588. The van der Waals surface area contributed by atoms with Crippen molar-refractivity contribution in [2.45, 2.75) is 19.9 Å². The van der Waals surface area contributed by atoms with E-state index in [-0.39, 0.29) is 0 Å². The van der Waals surface area contributed by atoms with Crippen LogP contribution in [-0.2, 0) is 13.0 Å². The van der Waals surface area contributed by atoms with Gasteiger partial charge in [-0.1, -0.05) is 23.8 Å². The van der Waals surface area contributed by atoms with E-state index < -0.39 is 0 Å². The molecule has 1 aromatic heterocycles. The summed E-state index contributed by atoms with van der Waals surface area (Å²) in [5.41, 5.74) is 3.38. The fraction of sp³-hybridized carbons (Fsp3) is 0.368. The Labute approximate surface area is 149 Å². The molecule has 25 heavy (non-hydrogen) atoms. The normalized spacial score (nSPS) is 11.1. The Bertz CT molecular complexity index is 716. The van der Waals surface area contributed by atoms with Gasteiger partial charge in [0.15, 0.2) is 5.96 Å². The number of hydrogen-bond donors (Lipinski definition) is 2. The van der Waals surface area contributed by atoms with Crippen molar-refractivity contribution in [3.63, 3.8) is 0 Å². The number of guanidine groups is 1. The molecule has 2 aromatic rings. The molecule has 0 bridgehead atoms. The molecule has 1 aromatic carbocycles. The molecule has 0 amide bonds. The summed E-state index contributed by atoms with van der Waals surface area (Å²) in [6.45, 7) is 3.42. The summed E-state index contributed by atoms with van der Waals surface area (Å²) in [5.74, 6) is 2.27. The fourth-order valence-electron chi connectivity index (χ4n) is 2.56. The lowest BCUT2D eigenvalue weighted by molar-refractivity contribution is 0.392. The van der Waals surface area contributed by atoms with Gasteiger partial charge < -0.3 is 20.1 Å². The molecule has 0 atom stereocenters. The molecule has 0 fully saturated rings. The van der Waals surface area contributed by atoms with Gasteiger partial charge in [0.2, 0.25) is 5.88 Å². The third kappa shape index (κ3) is 5.38. The van der Waals surface area contributed by atoms with Gasteiger partial charge in [-0.05, 0) is 31.0 Å². The zero-order chi connectivity index (χ0) is 18.1. The molecule has 0 unspecified atom stereocenters. The van der Waals surface area contributed by atoms with Crippen LogP contribution in [0.5, 0.6) is 11.6 Å². The van der Waals surface area contributed by atoms with Crippen molar-refractivity contribution in [3.8, 4) is 11.6 Å². The highest BCUT2D eigenvalue weighted by atomic mass is 16.5. The van der Waals surface area contributed by atoms with Gasteiger partial charge in [0.05, 0.1) is 14.2 Å². The molecular weight excluding hydrogens is 316 g/mol. The molecule has 6 heteroatoms. The van der Waals surface area contributed by atoms with Crippen LogP contribution in [0.2, 0.25) is 0 Å². The quantitative estimate of drug-likeness (QED) is 0.597. The molecule has 6 nitrogen and oxygen atoms in total. The van der Waals surface area contributed by atoms with E-state index >= 15 is 0 Å². The maximum atomic E-state index is 5.42. The predicted molar refractivity (Wildman–Crippen MR) is 100 cm³/mol. The van der Waals surface area contributed by atoms with Crippen molar-refractivity contribution in [3.05, 3.63) is 53.2 Å². The molecule has 0 aliphatic rings. The van der Waals surface area contributed by atoms with Gasteiger partial charge in [-0.15, -0.1) is 0 Å². The largest absolute Gasteiger partial charge is 0.496 e. The summed E-state index contributed by atoms with van der Waals surface area (Å²) >= 11 is 0. The number of nitrogens with one attached hydrogen (secondary N) is 2. The van der Waals surface area contributed by atoms with E-state index in [0.29, 0.717) is 12.4 Å². The lowest BCUT2D eigenvalue weighted by atomic mass is 10.1. The first-order valence-corrected chi connectivity index (χ1v) is 8.23. The highest BCUT2D eigenvalue weighted by Gasteiger charge is 2.06. The first-order chi connectivity index (χ1) is 12.2. The summed E-state index contributed by atoms with van der Waals surface area (Å²) < 4.78 is 10.7. The second-order valence-corrected chi connectivity index (χ2v) is 5.59. The van der Waals surface area contributed by atoms with Crippen LogP contribution in [0.25, 0.3) is 0 Å². The molecule has 0 saturated heterocycles. The second kappa shape index (κ2) is 9.52. The summed E-state index contributed by atoms with van der Waals surface area (Å²) in [4.78, 5) is 8.45. The molecule has 0 aliphatic carbocycles. The van der Waals surface area contributed by atoms with E-state index in [1.165, 1.54) is 11.1 Å². The number of hydrogen-bond acceptors (Lipinski definition) is 4. The van der Waals surface area contributed by atoms with E-state index in [1.54, 1.807) is 27.5 Å². The van der Waals surface area contributed by atoms with Gasteiger partial charge in [0.25, 0.3) is 0 Å². The zero-order valence-electron chi connectivity index (χ0n) is 15.3. The van der Waals surface area contributed by atoms with Crippen LogP contribution in [0.3, 0.4) is 0 Å². The number of rotatable bonds is 7. The van der Waals surface area contributed by atoms with E-state index in [1.807, 2.05) is 18.2 Å². The number of methoxy groups -OCH3 is 2. The van der Waals surface area contributed by atoms with Crippen LogP contribution in [0, 0.1) is 6.92 Å². The Morgan fingerprint density at radius 3 is 2.68 bits per heavy atom. The number of pyridine rings is 1. The fourth-order valence-corrected chi connectivity index (χ4v) is 2.56. The van der Waals surface area contributed by atoms with Crippen LogP contribution in [0.4, 0.5) is 0 Å². The van der Waals surface area contributed by atoms with Crippen LogP contribution in [-0.4, -0.2) is 38.8 Å². The maximum Gasteiger partial charge on any atom is 0.218 e. The zero-order valence-corrected chi connectivity index (χ0v) is 15.3. The van der Waals surface area contributed by atoms with Crippen molar-refractivity contribution in [2.24, 2.45) is 4.99 Å². The molecule has 134 valence electrons. The number of aromatic nitrogens is 1. The molecule has 0 radical (unpaired) electrons. The van der Waals surface area contributed by atoms with Crippen LogP contribution < -0.4 is 20.1 Å². The Morgan fingerprint density at radius 2 is 1.96 bits per heavy atom. The van der Waals surface area contributed by atoms with Gasteiger partial charge >= 0.3 is 0 Å². The minimum Gasteiger partial charge on any atom is -0.496 e. The monoisotopic (exact) mass is 342 g/mol. The lowest BCUT2D eigenvalue weighted by Crippen LogP contribution is -2.38. The maximum absolute atomic E-state index is 5.42. The number of benzene rings is 1. The smallest absolute Gasteiger partial charge is 0.218 e. The summed E-state index contributed by atoms with van der Waals surface area (Å²) in [7, 11) is 5.07. The molecule has 1 heterocycles. The first kappa shape index (κ1) is 18.6. The van der Waals surface area contributed by atoms with Crippen molar-refractivity contribution in [1.82, 2.24) is 15.6 Å². The van der Waals surface area contributed by atoms with Gasteiger partial charge in [-0.3, -0.25) is 4.99 Å². The van der Waals surface area contributed by atoms with Gasteiger partial charge in [0, 0.05) is 31.9 Å². The van der Waals surface area contributed by atoms with Gasteiger partial charge in [-0.25, -0.2) is 4.98 Å². The van der Waals surface area contributed by atoms with Crippen molar-refractivity contribution >= 4 is 5.96 Å². The standard InChI is InChI=1S/C19H26N4O2/c1-14-7-8-17(24-3)15(12-14)9-11-22-19(20-2)23-13-16-6-5-10-21-18(16)25-4/h5-8,10,12H,9,11,13H2,1-4H3,(H2,20,22,23). The second-order valence-electron chi connectivity index (χ2n) is 5.59. The van der Waals surface area contributed by atoms with Crippen molar-refractivity contribution < 1.29 is 9.47 Å². The SMILES string of the molecule is CN=C(NCCc1cc(C)ccc1OC)NCc1cccnc1OC. The Hall–Kier alpha value is -2.76. The highest BCUT2D eigenvalue weighted by molar-refractivity contribution is 5.79. The lowest BCUT2D eigenvalue weighted by Gasteiger charge is -2.14. The van der Waals surface area contributed by atoms with E-state index in [9.17, 15) is 0 Å². The molecular formula is C19H26N4O2. The van der Waals surface area contributed by atoms with E-state index in [4.69, 9.17) is 9.47 Å². The molecule has 0 saturated carbocycles. The van der Waals surface area contributed by atoms with Gasteiger partial charge in [0.1, 0.15) is 5.75 Å². The highest BCUT2D eigenvalue weighted by Crippen LogP contribution is 2.19. The number of aryl methyl sites for hydroxylation is 1. The van der Waals surface area contributed by atoms with Crippen molar-refractivity contribution in [2.75, 3.05) is 27.8 Å². The number of ether oxygens (including phenoxy) is 2. The summed E-state index contributed by atoms with van der Waals surface area (Å²) in [6, 6.07) is 10.1. The van der Waals surface area contributed by atoms with E-state index in [2.05, 4.69) is 39.7 Å². The third-order valence-corrected chi connectivity index (χ3v) is 3.84. The Kier molecular flexibility index (Phi) is 7.07. The van der Waals surface area contributed by atoms with Crippen LogP contribution in [0.1, 0.15) is 16.7 Å². The predicted octanol–water partition coefficient (Wildman–Crippen LogP) is 2.31. The Balaban J connectivity index is 1.88. The third-order valence-electron chi connectivity index (χ3n) is 3.84. The van der Waals surface area contributed by atoms with E-state index in [0.717, 1.165) is 30.2 Å². The van der Waals surface area contributed by atoms with Crippen LogP contribution in [0.15, 0.2) is 41.5 Å². The van der Waals surface area contributed by atoms with Gasteiger partial charge in [-0.2, -0.15) is 0 Å². The molecule has 2 N–H and O–H groups in total. The molecule has 0 aliphatic heterocycles. The Morgan fingerprint density at radius 1 is 1.12 bits per heavy atom. The topological polar surface area (TPSA) is 67.8 Å². The summed E-state index contributed by atoms with van der Waals surface area (Å²) in [6.07, 6.45) is 2.56. The molecule has 2 rings (SSSR count). The number of aliphatic imine (C=N–C) groups is 1. The first-order valence-electron chi connectivity index (χ1n) is 8.23. The summed E-state index contributed by atoms with van der Waals surface area (Å²) in [5, 5.41) is 6.59. The molecule has 0 spiro atoms. The average Bonchev–Trinajstić information content (AvgIpc) is 2.65.